The molecule has 1 saturated carbocycles. The standard InChI is InChI=1S/C14H20N4O/c19-14(18-7-9-2-1-3-10(9)8-18)13-11-6-15-5-4-12(11)16-17-13/h9-10,15H,1-8H2,(H,16,17). The van der Waals surface area contributed by atoms with Gasteiger partial charge in [-0.3, -0.25) is 9.89 Å². The summed E-state index contributed by atoms with van der Waals surface area (Å²) in [6, 6.07) is 0. The average molecular weight is 260 g/mol. The quantitative estimate of drug-likeness (QED) is 0.789. The van der Waals surface area contributed by atoms with Gasteiger partial charge in [-0.25, -0.2) is 0 Å². The summed E-state index contributed by atoms with van der Waals surface area (Å²) in [7, 11) is 0. The first-order chi connectivity index (χ1) is 9.33. The lowest BCUT2D eigenvalue weighted by Crippen LogP contribution is -2.32. The summed E-state index contributed by atoms with van der Waals surface area (Å²) in [4.78, 5) is 14.7. The van der Waals surface area contributed by atoms with Gasteiger partial charge in [0.2, 0.25) is 0 Å². The maximum Gasteiger partial charge on any atom is 0.274 e. The van der Waals surface area contributed by atoms with E-state index < -0.39 is 0 Å². The molecule has 2 fully saturated rings. The van der Waals surface area contributed by atoms with E-state index in [9.17, 15) is 4.79 Å². The topological polar surface area (TPSA) is 61.0 Å². The molecule has 5 heteroatoms. The van der Waals surface area contributed by atoms with Crippen LogP contribution in [-0.4, -0.2) is 40.6 Å². The van der Waals surface area contributed by atoms with E-state index in [0.717, 1.165) is 55.7 Å². The predicted molar refractivity (Wildman–Crippen MR) is 70.7 cm³/mol. The van der Waals surface area contributed by atoms with Gasteiger partial charge >= 0.3 is 0 Å². The number of hydrogen-bond donors (Lipinski definition) is 2. The highest BCUT2D eigenvalue weighted by Gasteiger charge is 2.39. The van der Waals surface area contributed by atoms with Gasteiger partial charge in [0, 0.05) is 43.9 Å². The molecule has 2 unspecified atom stereocenters. The fourth-order valence-corrected chi connectivity index (χ4v) is 3.95. The minimum absolute atomic E-state index is 0.135. The van der Waals surface area contributed by atoms with Crippen molar-refractivity contribution in [2.24, 2.45) is 11.8 Å². The van der Waals surface area contributed by atoms with Crippen LogP contribution in [0.15, 0.2) is 0 Å². The van der Waals surface area contributed by atoms with Crippen molar-refractivity contribution in [2.45, 2.75) is 32.2 Å². The van der Waals surface area contributed by atoms with Gasteiger partial charge < -0.3 is 10.2 Å². The van der Waals surface area contributed by atoms with E-state index >= 15 is 0 Å². The third kappa shape index (κ3) is 1.79. The Balaban J connectivity index is 1.56. The Kier molecular flexibility index (Phi) is 2.62. The number of carbonyl (C=O) groups is 1. The fourth-order valence-electron chi connectivity index (χ4n) is 3.95. The van der Waals surface area contributed by atoms with Gasteiger partial charge in [-0.05, 0) is 24.7 Å². The summed E-state index contributed by atoms with van der Waals surface area (Å²) in [6.45, 7) is 3.63. The number of amides is 1. The zero-order chi connectivity index (χ0) is 12.8. The maximum absolute atomic E-state index is 12.6. The van der Waals surface area contributed by atoms with Gasteiger partial charge in [-0.2, -0.15) is 5.10 Å². The largest absolute Gasteiger partial charge is 0.337 e. The third-order valence-corrected chi connectivity index (χ3v) is 5.02. The van der Waals surface area contributed by atoms with Crippen LogP contribution in [0.2, 0.25) is 0 Å². The molecule has 3 heterocycles. The van der Waals surface area contributed by atoms with Crippen molar-refractivity contribution in [1.82, 2.24) is 20.4 Å². The number of carbonyl (C=O) groups excluding carboxylic acids is 1. The molecule has 4 rings (SSSR count). The Bertz CT molecular complexity index is 498. The third-order valence-electron chi connectivity index (χ3n) is 5.02. The van der Waals surface area contributed by atoms with Crippen LogP contribution in [0.4, 0.5) is 0 Å². The van der Waals surface area contributed by atoms with Crippen molar-refractivity contribution < 1.29 is 4.79 Å². The summed E-state index contributed by atoms with van der Waals surface area (Å²) in [5, 5.41) is 10.6. The van der Waals surface area contributed by atoms with Gasteiger partial charge in [0.1, 0.15) is 0 Å². The van der Waals surface area contributed by atoms with Gasteiger partial charge in [0.05, 0.1) is 0 Å². The number of nitrogens with one attached hydrogen (secondary N) is 2. The van der Waals surface area contributed by atoms with Gasteiger partial charge in [0.15, 0.2) is 5.69 Å². The van der Waals surface area contributed by atoms with Crippen molar-refractivity contribution >= 4 is 5.91 Å². The number of aromatic nitrogens is 2. The summed E-state index contributed by atoms with van der Waals surface area (Å²) in [6.07, 6.45) is 4.89. The lowest BCUT2D eigenvalue weighted by molar-refractivity contribution is 0.0773. The van der Waals surface area contributed by atoms with Crippen LogP contribution in [0.1, 0.15) is 41.0 Å². The highest BCUT2D eigenvalue weighted by atomic mass is 16.2. The smallest absolute Gasteiger partial charge is 0.274 e. The van der Waals surface area contributed by atoms with E-state index in [1.807, 2.05) is 4.90 Å². The van der Waals surface area contributed by atoms with Crippen LogP contribution < -0.4 is 5.32 Å². The van der Waals surface area contributed by atoms with E-state index in [1.165, 1.54) is 19.3 Å². The summed E-state index contributed by atoms with van der Waals surface area (Å²) < 4.78 is 0. The van der Waals surface area contributed by atoms with Crippen LogP contribution in [-0.2, 0) is 13.0 Å². The second-order valence-electron chi connectivity index (χ2n) is 6.12. The zero-order valence-corrected chi connectivity index (χ0v) is 11.1. The van der Waals surface area contributed by atoms with Crippen LogP contribution in [0.3, 0.4) is 0 Å². The molecule has 1 aliphatic carbocycles. The molecule has 2 aliphatic heterocycles. The van der Waals surface area contributed by atoms with Crippen molar-refractivity contribution in [3.63, 3.8) is 0 Å². The summed E-state index contributed by atoms with van der Waals surface area (Å²) in [5.74, 6) is 1.63. The SMILES string of the molecule is O=C(c1n[nH]c2c1CNCC2)N1CC2CCCC2C1. The van der Waals surface area contributed by atoms with E-state index in [2.05, 4.69) is 15.5 Å². The number of fused-ring (bicyclic) bond motifs is 2. The highest BCUT2D eigenvalue weighted by molar-refractivity contribution is 5.94. The Morgan fingerprint density at radius 3 is 2.84 bits per heavy atom. The summed E-state index contributed by atoms with van der Waals surface area (Å²) >= 11 is 0. The Morgan fingerprint density at radius 1 is 1.26 bits per heavy atom. The Hall–Kier alpha value is -1.36. The molecule has 19 heavy (non-hydrogen) atoms. The van der Waals surface area contributed by atoms with Crippen LogP contribution in [0.5, 0.6) is 0 Å². The first-order valence-corrected chi connectivity index (χ1v) is 7.39. The number of aromatic amines is 1. The molecule has 0 spiro atoms. The lowest BCUT2D eigenvalue weighted by atomic mass is 10.0. The average Bonchev–Trinajstić information content (AvgIpc) is 3.11. The van der Waals surface area contributed by atoms with Gasteiger partial charge in [-0.15, -0.1) is 0 Å². The molecule has 1 aromatic rings. The second kappa shape index (κ2) is 4.34. The molecule has 0 radical (unpaired) electrons. The van der Waals surface area contributed by atoms with Crippen LogP contribution in [0, 0.1) is 11.8 Å². The molecular weight excluding hydrogens is 240 g/mol. The lowest BCUT2D eigenvalue weighted by Gasteiger charge is -2.18. The van der Waals surface area contributed by atoms with Crippen molar-refractivity contribution in [3.8, 4) is 0 Å². The van der Waals surface area contributed by atoms with Crippen LogP contribution in [0.25, 0.3) is 0 Å². The summed E-state index contributed by atoms with van der Waals surface area (Å²) in [5.41, 5.74) is 2.89. The number of likely N-dealkylation sites (tertiary alicyclic amines) is 1. The minimum Gasteiger partial charge on any atom is -0.337 e. The molecule has 0 aromatic carbocycles. The second-order valence-corrected chi connectivity index (χ2v) is 6.12. The molecule has 5 nitrogen and oxygen atoms in total. The van der Waals surface area contributed by atoms with Gasteiger partial charge in [0.25, 0.3) is 5.91 Å². The van der Waals surface area contributed by atoms with Crippen molar-refractivity contribution in [2.75, 3.05) is 19.6 Å². The molecule has 3 aliphatic rings. The normalized spacial score (nSPS) is 29.4. The molecule has 1 amide bonds. The molecule has 2 N–H and O–H groups in total. The number of H-pyrrole nitrogens is 1. The molecule has 1 aromatic heterocycles. The molecular formula is C14H20N4O. The van der Waals surface area contributed by atoms with E-state index in [1.54, 1.807) is 0 Å². The molecule has 1 saturated heterocycles. The first kappa shape index (κ1) is 11.5. The van der Waals surface area contributed by atoms with Crippen molar-refractivity contribution in [1.29, 1.82) is 0 Å². The maximum atomic E-state index is 12.6. The Morgan fingerprint density at radius 2 is 2.05 bits per heavy atom. The monoisotopic (exact) mass is 260 g/mol. The Labute approximate surface area is 112 Å². The fraction of sp³-hybridized carbons (Fsp3) is 0.714. The number of rotatable bonds is 1. The predicted octanol–water partition coefficient (Wildman–Crippen LogP) is 0.927. The minimum atomic E-state index is 0.135. The molecule has 2 atom stereocenters. The van der Waals surface area contributed by atoms with E-state index in [4.69, 9.17) is 0 Å². The zero-order valence-electron chi connectivity index (χ0n) is 11.1. The first-order valence-electron chi connectivity index (χ1n) is 7.39. The van der Waals surface area contributed by atoms with E-state index in [-0.39, 0.29) is 5.91 Å². The number of nitrogens with zero attached hydrogens (tertiary/aromatic N) is 2. The number of hydrogen-bond acceptors (Lipinski definition) is 3. The molecule has 102 valence electrons. The van der Waals surface area contributed by atoms with Crippen LogP contribution >= 0.6 is 0 Å². The highest BCUT2D eigenvalue weighted by Crippen LogP contribution is 2.38. The van der Waals surface area contributed by atoms with E-state index in [0.29, 0.717) is 5.69 Å². The van der Waals surface area contributed by atoms with Crippen molar-refractivity contribution in [3.05, 3.63) is 17.0 Å². The van der Waals surface area contributed by atoms with Gasteiger partial charge in [-0.1, -0.05) is 6.42 Å². The molecule has 0 bridgehead atoms.